The van der Waals surface area contributed by atoms with Crippen LogP contribution in [0, 0.1) is 6.57 Å². The van der Waals surface area contributed by atoms with E-state index in [-0.39, 0.29) is 0 Å². The minimum atomic E-state index is 0.522. The van der Waals surface area contributed by atoms with E-state index in [1.54, 1.807) is 6.20 Å². The predicted octanol–water partition coefficient (Wildman–Crippen LogP) is 5.85. The molecule has 3 aromatic carbocycles. The zero-order chi connectivity index (χ0) is 18.9. The number of nitrogens with zero attached hydrogens (tertiary/aromatic N) is 4. The van der Waals surface area contributed by atoms with Crippen LogP contribution in [0.5, 0.6) is 0 Å². The molecule has 0 fully saturated rings. The number of benzene rings is 3. The van der Waals surface area contributed by atoms with Gasteiger partial charge in [0, 0.05) is 17.1 Å². The highest BCUT2D eigenvalue weighted by Crippen LogP contribution is 2.31. The molecular weight excluding hydrogens is 344 g/mol. The van der Waals surface area contributed by atoms with Gasteiger partial charge in [-0.3, -0.25) is 0 Å². The van der Waals surface area contributed by atoms with Crippen LogP contribution < -0.4 is 0 Å². The molecule has 0 atom stereocenters. The molecule has 0 saturated carbocycles. The number of hydrogen-bond acceptors (Lipinski definition) is 2. The fourth-order valence-corrected chi connectivity index (χ4v) is 3.53. The van der Waals surface area contributed by atoms with Crippen molar-refractivity contribution in [2.24, 2.45) is 0 Å². The Balaban J connectivity index is 1.71. The normalized spacial score (nSPS) is 11.0. The van der Waals surface area contributed by atoms with Crippen LogP contribution in [0.2, 0.25) is 0 Å². The van der Waals surface area contributed by atoms with Gasteiger partial charge in [0.15, 0.2) is 5.65 Å². The van der Waals surface area contributed by atoms with E-state index in [0.29, 0.717) is 12.2 Å². The molecule has 0 amide bonds. The van der Waals surface area contributed by atoms with Gasteiger partial charge in [-0.2, -0.15) is 5.10 Å². The highest BCUT2D eigenvalue weighted by Gasteiger charge is 2.15. The fourth-order valence-electron chi connectivity index (χ4n) is 3.53. The standard InChI is InChI=1S/C24H16N4/c1-25-21-14-22-23(20-12-11-18-9-5-6-10-19(18)13-20)27-28(24(22)26-15-21)16-17-7-3-2-4-8-17/h2-15H,16H2. The average molecular weight is 360 g/mol. The highest BCUT2D eigenvalue weighted by molar-refractivity contribution is 5.96. The van der Waals surface area contributed by atoms with Gasteiger partial charge in [-0.05, 0) is 28.5 Å². The quantitative estimate of drug-likeness (QED) is 0.378. The van der Waals surface area contributed by atoms with Gasteiger partial charge < -0.3 is 0 Å². The van der Waals surface area contributed by atoms with Gasteiger partial charge in [0.05, 0.1) is 13.1 Å². The van der Waals surface area contributed by atoms with Crippen molar-refractivity contribution >= 4 is 27.5 Å². The largest absolute Gasteiger partial charge is 0.249 e. The topological polar surface area (TPSA) is 35.1 Å². The number of hydrogen-bond donors (Lipinski definition) is 0. The number of aromatic nitrogens is 3. The number of pyridine rings is 1. The molecule has 132 valence electrons. The molecule has 5 aromatic rings. The number of fused-ring (bicyclic) bond motifs is 2. The Morgan fingerprint density at radius 2 is 1.64 bits per heavy atom. The van der Waals surface area contributed by atoms with E-state index >= 15 is 0 Å². The van der Waals surface area contributed by atoms with Crippen LogP contribution in [0.3, 0.4) is 0 Å². The summed E-state index contributed by atoms with van der Waals surface area (Å²) in [6.45, 7) is 7.98. The summed E-state index contributed by atoms with van der Waals surface area (Å²) in [6, 6.07) is 26.7. The lowest BCUT2D eigenvalue weighted by molar-refractivity contribution is 0.707. The lowest BCUT2D eigenvalue weighted by atomic mass is 10.0. The van der Waals surface area contributed by atoms with E-state index in [2.05, 4.69) is 52.3 Å². The van der Waals surface area contributed by atoms with E-state index in [0.717, 1.165) is 27.9 Å². The van der Waals surface area contributed by atoms with E-state index in [1.165, 1.54) is 10.8 Å². The Morgan fingerprint density at radius 3 is 2.46 bits per heavy atom. The van der Waals surface area contributed by atoms with Gasteiger partial charge in [0.1, 0.15) is 5.69 Å². The molecule has 0 aliphatic carbocycles. The van der Waals surface area contributed by atoms with Crippen molar-refractivity contribution < 1.29 is 0 Å². The zero-order valence-corrected chi connectivity index (χ0v) is 15.1. The van der Waals surface area contributed by atoms with Crippen LogP contribution >= 0.6 is 0 Å². The summed E-state index contributed by atoms with van der Waals surface area (Å²) >= 11 is 0. The summed E-state index contributed by atoms with van der Waals surface area (Å²) in [7, 11) is 0. The van der Waals surface area contributed by atoms with Crippen molar-refractivity contribution in [2.75, 3.05) is 0 Å². The summed E-state index contributed by atoms with van der Waals surface area (Å²) < 4.78 is 1.92. The molecule has 0 spiro atoms. The van der Waals surface area contributed by atoms with E-state index in [4.69, 9.17) is 11.7 Å². The van der Waals surface area contributed by atoms with Crippen molar-refractivity contribution in [3.8, 4) is 11.3 Å². The molecule has 5 rings (SSSR count). The zero-order valence-electron chi connectivity index (χ0n) is 15.1. The van der Waals surface area contributed by atoms with Crippen LogP contribution in [-0.4, -0.2) is 14.8 Å². The van der Waals surface area contributed by atoms with E-state index < -0.39 is 0 Å². The van der Waals surface area contributed by atoms with Crippen molar-refractivity contribution in [2.45, 2.75) is 6.54 Å². The Bertz CT molecular complexity index is 1340. The first-order chi connectivity index (χ1) is 13.8. The minimum absolute atomic E-state index is 0.522. The van der Waals surface area contributed by atoms with Crippen LogP contribution in [0.4, 0.5) is 5.69 Å². The first-order valence-electron chi connectivity index (χ1n) is 9.09. The molecule has 0 N–H and O–H groups in total. The van der Waals surface area contributed by atoms with Gasteiger partial charge in [0.2, 0.25) is 5.69 Å². The first kappa shape index (κ1) is 16.2. The van der Waals surface area contributed by atoms with Crippen molar-refractivity contribution in [1.82, 2.24) is 14.8 Å². The number of rotatable bonds is 3. The summed E-state index contributed by atoms with van der Waals surface area (Å²) in [5, 5.41) is 8.15. The smallest absolute Gasteiger partial charge is 0.205 e. The van der Waals surface area contributed by atoms with Crippen LogP contribution in [0.25, 0.3) is 37.9 Å². The summed E-state index contributed by atoms with van der Waals surface area (Å²) in [5.74, 6) is 0. The lowest BCUT2D eigenvalue weighted by Gasteiger charge is -2.03. The maximum absolute atomic E-state index is 7.35. The molecule has 28 heavy (non-hydrogen) atoms. The maximum atomic E-state index is 7.35. The Labute approximate surface area is 162 Å². The SMILES string of the molecule is [C-]#[N+]c1cnc2c(c1)c(-c1ccc3ccccc3c1)nn2Cc1ccccc1. The molecule has 0 aliphatic rings. The van der Waals surface area contributed by atoms with Crippen LogP contribution in [0.1, 0.15) is 5.56 Å². The molecule has 4 heteroatoms. The van der Waals surface area contributed by atoms with E-state index in [9.17, 15) is 0 Å². The second kappa shape index (κ2) is 6.64. The third-order valence-corrected chi connectivity index (χ3v) is 4.90. The average Bonchev–Trinajstić information content (AvgIpc) is 3.11. The van der Waals surface area contributed by atoms with Crippen molar-refractivity contribution in [1.29, 1.82) is 0 Å². The molecule has 2 aromatic heterocycles. The monoisotopic (exact) mass is 360 g/mol. The molecule has 4 nitrogen and oxygen atoms in total. The molecule has 2 heterocycles. The second-order valence-electron chi connectivity index (χ2n) is 6.73. The Kier molecular flexibility index (Phi) is 3.85. The van der Waals surface area contributed by atoms with E-state index in [1.807, 2.05) is 41.1 Å². The highest BCUT2D eigenvalue weighted by atomic mass is 15.3. The van der Waals surface area contributed by atoms with Gasteiger partial charge in [-0.1, -0.05) is 66.7 Å². The maximum Gasteiger partial charge on any atom is 0.205 e. The fraction of sp³-hybridized carbons (Fsp3) is 0.0417. The minimum Gasteiger partial charge on any atom is -0.249 e. The predicted molar refractivity (Wildman–Crippen MR) is 112 cm³/mol. The summed E-state index contributed by atoms with van der Waals surface area (Å²) in [6.07, 6.45) is 1.61. The summed E-state index contributed by atoms with van der Waals surface area (Å²) in [5.41, 5.74) is 4.36. The van der Waals surface area contributed by atoms with Gasteiger partial charge in [0.25, 0.3) is 0 Å². The van der Waals surface area contributed by atoms with Gasteiger partial charge in [-0.15, -0.1) is 0 Å². The molecular formula is C24H16N4. The van der Waals surface area contributed by atoms with Gasteiger partial charge >= 0.3 is 0 Å². The molecule has 0 unspecified atom stereocenters. The first-order valence-corrected chi connectivity index (χ1v) is 9.09. The molecule has 0 saturated heterocycles. The molecule has 0 aliphatic heterocycles. The van der Waals surface area contributed by atoms with Crippen molar-refractivity contribution in [3.05, 3.63) is 102 Å². The van der Waals surface area contributed by atoms with Crippen LogP contribution in [-0.2, 0) is 6.54 Å². The third-order valence-electron chi connectivity index (χ3n) is 4.90. The molecule has 0 bridgehead atoms. The Morgan fingerprint density at radius 1 is 0.857 bits per heavy atom. The van der Waals surface area contributed by atoms with Crippen molar-refractivity contribution in [3.63, 3.8) is 0 Å². The van der Waals surface area contributed by atoms with Gasteiger partial charge in [-0.25, -0.2) is 14.5 Å². The second-order valence-corrected chi connectivity index (χ2v) is 6.73. The Hall–Kier alpha value is -3.97. The third kappa shape index (κ3) is 2.80. The lowest BCUT2D eigenvalue weighted by Crippen LogP contribution is -2.02. The molecule has 0 radical (unpaired) electrons. The van der Waals surface area contributed by atoms with Crippen LogP contribution in [0.15, 0.2) is 85.1 Å². The summed E-state index contributed by atoms with van der Waals surface area (Å²) in [4.78, 5) is 8.09.